The first-order valence-corrected chi connectivity index (χ1v) is 14.5. The molecule has 0 radical (unpaired) electrons. The average Bonchev–Trinajstić information content (AvgIpc) is 3.31. The molecular formula is C31H36Cl2N2O5S. The second-order valence-corrected chi connectivity index (χ2v) is 11.5. The molecule has 0 bridgehead atoms. The molecule has 0 fully saturated rings. The van der Waals surface area contributed by atoms with E-state index in [0.29, 0.717) is 42.6 Å². The summed E-state index contributed by atoms with van der Waals surface area (Å²) in [5, 5.41) is 10.2. The largest absolute Gasteiger partial charge is 0.497 e. The lowest BCUT2D eigenvalue weighted by molar-refractivity contribution is -0.139. The maximum atomic E-state index is 12.7. The molecule has 0 saturated heterocycles. The molecule has 3 aromatic rings. The second-order valence-electron chi connectivity index (χ2n) is 9.97. The zero-order valence-electron chi connectivity index (χ0n) is 23.6. The SMILES string of the molecule is COc1ccc(OCCCN(CC(C(=O)O)c2ccccc2)C(C)C)c(C2Sc3cc(Cl)ccc3N2C(C)=O)c1.Cl. The normalized spacial score (nSPS) is 14.9. The third-order valence-electron chi connectivity index (χ3n) is 6.97. The number of rotatable bonds is 12. The van der Waals surface area contributed by atoms with Gasteiger partial charge in [0.2, 0.25) is 5.91 Å². The fourth-order valence-corrected chi connectivity index (χ4v) is 6.49. The quantitative estimate of drug-likeness (QED) is 0.214. The Morgan fingerprint density at radius 1 is 1.10 bits per heavy atom. The van der Waals surface area contributed by atoms with Gasteiger partial charge in [0.15, 0.2) is 0 Å². The van der Waals surface area contributed by atoms with Crippen molar-refractivity contribution in [2.45, 2.75) is 49.4 Å². The van der Waals surface area contributed by atoms with Crippen LogP contribution in [0.4, 0.5) is 5.69 Å². The van der Waals surface area contributed by atoms with Gasteiger partial charge in [-0.05, 0) is 62.2 Å². The molecule has 220 valence electrons. The number of carbonyl (C=O) groups is 2. The number of carbonyl (C=O) groups excluding carboxylic acids is 1. The number of thioether (sulfide) groups is 1. The predicted molar refractivity (Wildman–Crippen MR) is 167 cm³/mol. The number of anilines is 1. The van der Waals surface area contributed by atoms with Crippen molar-refractivity contribution in [3.63, 3.8) is 0 Å². The highest BCUT2D eigenvalue weighted by Gasteiger charge is 2.36. The Hall–Kier alpha value is -2.91. The van der Waals surface area contributed by atoms with Gasteiger partial charge in [-0.3, -0.25) is 19.4 Å². The van der Waals surface area contributed by atoms with Crippen LogP contribution in [-0.4, -0.2) is 54.7 Å². The molecule has 0 saturated carbocycles. The maximum absolute atomic E-state index is 12.7. The number of aliphatic carboxylic acids is 1. The zero-order valence-corrected chi connectivity index (χ0v) is 26.0. The van der Waals surface area contributed by atoms with E-state index in [2.05, 4.69) is 18.7 Å². The minimum absolute atomic E-state index is 0. The maximum Gasteiger partial charge on any atom is 0.312 e. The number of hydrogen-bond acceptors (Lipinski definition) is 6. The molecule has 0 aliphatic carbocycles. The van der Waals surface area contributed by atoms with Crippen LogP contribution in [-0.2, 0) is 9.59 Å². The summed E-state index contributed by atoms with van der Waals surface area (Å²) < 4.78 is 11.8. The van der Waals surface area contributed by atoms with Crippen molar-refractivity contribution in [3.05, 3.63) is 82.9 Å². The second kappa shape index (κ2) is 14.8. The Balaban J connectivity index is 0.00000462. The van der Waals surface area contributed by atoms with Gasteiger partial charge >= 0.3 is 5.97 Å². The third kappa shape index (κ3) is 7.89. The van der Waals surface area contributed by atoms with Crippen molar-refractivity contribution >= 4 is 53.3 Å². The molecule has 4 rings (SSSR count). The van der Waals surface area contributed by atoms with Gasteiger partial charge in [-0.1, -0.05) is 53.7 Å². The van der Waals surface area contributed by atoms with Gasteiger partial charge in [-0.15, -0.1) is 12.4 Å². The highest BCUT2D eigenvalue weighted by atomic mass is 35.5. The number of nitrogens with zero attached hydrogens (tertiary/aromatic N) is 2. The Kier molecular flexibility index (Phi) is 11.8. The number of carboxylic acids is 1. The number of halogens is 2. The van der Waals surface area contributed by atoms with Crippen LogP contribution >= 0.6 is 35.8 Å². The highest BCUT2D eigenvalue weighted by Crippen LogP contribution is 2.54. The number of methoxy groups -OCH3 is 1. The standard InChI is InChI=1S/C31H35ClN2O5S.ClH/c1-20(2)33(19-26(31(36)37)22-9-6-5-7-10-22)15-8-16-39-28-14-12-24(38-4)18-25(28)30-34(21(3)35)27-13-11-23(32)17-29(27)40-30;/h5-7,9-14,17-18,20,26,30H,8,15-16,19H2,1-4H3,(H,36,37);1H. The number of amides is 1. The Bertz CT molecular complexity index is 1340. The van der Waals surface area contributed by atoms with E-state index < -0.39 is 11.9 Å². The summed E-state index contributed by atoms with van der Waals surface area (Å²) in [6.07, 6.45) is 0.703. The van der Waals surface area contributed by atoms with Crippen molar-refractivity contribution in [2.24, 2.45) is 0 Å². The fraction of sp³-hybridized carbons (Fsp3) is 0.355. The van der Waals surface area contributed by atoms with E-state index >= 15 is 0 Å². The van der Waals surface area contributed by atoms with Crippen LogP contribution < -0.4 is 14.4 Å². The Morgan fingerprint density at radius 2 is 1.83 bits per heavy atom. The van der Waals surface area contributed by atoms with E-state index in [-0.39, 0.29) is 29.7 Å². The fourth-order valence-electron chi connectivity index (χ4n) is 4.85. The summed E-state index contributed by atoms with van der Waals surface area (Å²) in [6.45, 7) is 7.23. The van der Waals surface area contributed by atoms with Gasteiger partial charge in [-0.2, -0.15) is 0 Å². The van der Waals surface area contributed by atoms with Crippen LogP contribution in [0, 0.1) is 0 Å². The van der Waals surface area contributed by atoms with Gasteiger partial charge in [0.25, 0.3) is 0 Å². The molecule has 3 aromatic carbocycles. The van der Waals surface area contributed by atoms with Crippen molar-refractivity contribution < 1.29 is 24.2 Å². The molecule has 1 aliphatic rings. The first kappa shape index (κ1) is 32.6. The minimum Gasteiger partial charge on any atom is -0.497 e. The van der Waals surface area contributed by atoms with Gasteiger partial charge in [-0.25, -0.2) is 0 Å². The molecule has 1 amide bonds. The van der Waals surface area contributed by atoms with E-state index in [1.54, 1.807) is 36.8 Å². The molecule has 1 aliphatic heterocycles. The van der Waals surface area contributed by atoms with E-state index in [9.17, 15) is 14.7 Å². The number of hydrogen-bond donors (Lipinski definition) is 1. The van der Waals surface area contributed by atoms with Crippen LogP contribution in [0.15, 0.2) is 71.6 Å². The number of fused-ring (bicyclic) bond motifs is 1. The first-order chi connectivity index (χ1) is 19.2. The van der Waals surface area contributed by atoms with Crippen LogP contribution in [0.5, 0.6) is 11.5 Å². The summed E-state index contributed by atoms with van der Waals surface area (Å²) in [7, 11) is 1.61. The van der Waals surface area contributed by atoms with E-state index in [0.717, 1.165) is 21.7 Å². The summed E-state index contributed by atoms with van der Waals surface area (Å²) in [6, 6.07) is 20.7. The number of benzene rings is 3. The summed E-state index contributed by atoms with van der Waals surface area (Å²) >= 11 is 7.79. The Labute approximate surface area is 257 Å². The average molecular weight is 620 g/mol. The van der Waals surface area contributed by atoms with Crippen LogP contribution in [0.1, 0.15) is 49.6 Å². The summed E-state index contributed by atoms with van der Waals surface area (Å²) in [4.78, 5) is 29.7. The van der Waals surface area contributed by atoms with Gasteiger partial charge in [0.05, 0.1) is 25.3 Å². The van der Waals surface area contributed by atoms with Crippen molar-refractivity contribution in [1.82, 2.24) is 4.90 Å². The molecule has 0 spiro atoms. The summed E-state index contributed by atoms with van der Waals surface area (Å²) in [5.74, 6) is -0.169. The van der Waals surface area contributed by atoms with Gasteiger partial charge < -0.3 is 14.6 Å². The number of ether oxygens (including phenoxy) is 2. The smallest absolute Gasteiger partial charge is 0.312 e. The summed E-state index contributed by atoms with van der Waals surface area (Å²) in [5.41, 5.74) is 2.45. The monoisotopic (exact) mass is 618 g/mol. The topological polar surface area (TPSA) is 79.3 Å². The number of carboxylic acid groups (broad SMARTS) is 1. The van der Waals surface area contributed by atoms with Crippen molar-refractivity contribution in [2.75, 3.05) is 31.7 Å². The predicted octanol–water partition coefficient (Wildman–Crippen LogP) is 7.28. The van der Waals surface area contributed by atoms with Crippen LogP contribution in [0.25, 0.3) is 0 Å². The molecule has 0 aromatic heterocycles. The minimum atomic E-state index is -0.831. The Morgan fingerprint density at radius 3 is 2.46 bits per heavy atom. The van der Waals surface area contributed by atoms with Gasteiger partial charge in [0.1, 0.15) is 16.9 Å². The van der Waals surface area contributed by atoms with Crippen LogP contribution in [0.2, 0.25) is 5.02 Å². The first-order valence-electron chi connectivity index (χ1n) is 13.3. The lowest BCUT2D eigenvalue weighted by Crippen LogP contribution is -2.38. The molecule has 41 heavy (non-hydrogen) atoms. The van der Waals surface area contributed by atoms with Crippen molar-refractivity contribution in [3.8, 4) is 11.5 Å². The van der Waals surface area contributed by atoms with E-state index in [4.69, 9.17) is 21.1 Å². The molecule has 1 heterocycles. The third-order valence-corrected chi connectivity index (χ3v) is 8.48. The van der Waals surface area contributed by atoms with E-state index in [1.165, 1.54) is 0 Å². The zero-order chi connectivity index (χ0) is 28.8. The molecule has 2 atom stereocenters. The highest BCUT2D eigenvalue weighted by molar-refractivity contribution is 8.00. The van der Waals surface area contributed by atoms with Crippen LogP contribution in [0.3, 0.4) is 0 Å². The molecule has 2 unspecified atom stereocenters. The molecule has 1 N–H and O–H groups in total. The van der Waals surface area contributed by atoms with Crippen molar-refractivity contribution in [1.29, 1.82) is 0 Å². The molecular weight excluding hydrogens is 583 g/mol. The molecule has 10 heteroatoms. The van der Waals surface area contributed by atoms with Gasteiger partial charge in [0, 0.05) is 41.5 Å². The lowest BCUT2D eigenvalue weighted by Gasteiger charge is -2.29. The lowest BCUT2D eigenvalue weighted by atomic mass is 9.98. The molecule has 7 nitrogen and oxygen atoms in total. The van der Waals surface area contributed by atoms with E-state index in [1.807, 2.05) is 60.7 Å².